The number of benzene rings is 1. The van der Waals surface area contributed by atoms with Gasteiger partial charge in [0.25, 0.3) is 5.91 Å². The molecule has 0 fully saturated rings. The van der Waals surface area contributed by atoms with Crippen LogP contribution in [0, 0.1) is 5.92 Å². The van der Waals surface area contributed by atoms with Gasteiger partial charge in [0, 0.05) is 26.1 Å². The molecule has 2 rings (SSSR count). The van der Waals surface area contributed by atoms with Crippen LogP contribution in [-0.2, 0) is 11.2 Å². The van der Waals surface area contributed by atoms with Crippen LogP contribution in [0.15, 0.2) is 18.2 Å². The predicted octanol–water partition coefficient (Wildman–Crippen LogP) is 3.63. The first-order valence-corrected chi connectivity index (χ1v) is 9.58. The van der Waals surface area contributed by atoms with E-state index in [0.29, 0.717) is 30.9 Å². The van der Waals surface area contributed by atoms with Crippen LogP contribution in [0.3, 0.4) is 0 Å². The molecule has 6 heteroatoms. The number of nitrogens with zero attached hydrogens (tertiary/aromatic N) is 1. The van der Waals surface area contributed by atoms with Crippen molar-refractivity contribution < 1.29 is 19.1 Å². The second-order valence-electron chi connectivity index (χ2n) is 8.40. The van der Waals surface area contributed by atoms with E-state index in [1.165, 1.54) is 0 Å². The number of carbonyl (C=O) groups is 2. The van der Waals surface area contributed by atoms with Crippen LogP contribution in [0.1, 0.15) is 57.0 Å². The number of fused-ring (bicyclic) bond motifs is 1. The normalized spacial score (nSPS) is 14.3. The number of rotatable bonds is 6. The Labute approximate surface area is 162 Å². The molecule has 0 saturated heterocycles. The fraction of sp³-hybridized carbons (Fsp3) is 0.619. The average molecular weight is 376 g/mol. The first-order valence-electron chi connectivity index (χ1n) is 9.58. The summed E-state index contributed by atoms with van der Waals surface area (Å²) in [6.07, 6.45) is 1.06. The fourth-order valence-electron chi connectivity index (χ4n) is 3.05. The van der Waals surface area contributed by atoms with Crippen LogP contribution < -0.4 is 10.1 Å². The summed E-state index contributed by atoms with van der Waals surface area (Å²) >= 11 is 0. The molecule has 1 aromatic rings. The Balaban J connectivity index is 1.95. The Kier molecular flexibility index (Phi) is 6.73. The molecule has 0 bridgehead atoms. The number of ether oxygens (including phenoxy) is 2. The van der Waals surface area contributed by atoms with Crippen LogP contribution in [0.4, 0.5) is 4.79 Å². The van der Waals surface area contributed by atoms with Crippen LogP contribution in [0.25, 0.3) is 0 Å². The SMILES string of the molecule is CC(C)C(CCN(C)C(=O)c1cccc2c1OCC2)NC(=O)OC(C)(C)C. The van der Waals surface area contributed by atoms with Gasteiger partial charge in [-0.05, 0) is 44.7 Å². The molecular weight excluding hydrogens is 344 g/mol. The lowest BCUT2D eigenvalue weighted by Gasteiger charge is -2.27. The number of carbonyl (C=O) groups excluding carboxylic acids is 2. The van der Waals surface area contributed by atoms with Crippen molar-refractivity contribution in [1.82, 2.24) is 10.2 Å². The monoisotopic (exact) mass is 376 g/mol. The Bertz CT molecular complexity index is 679. The maximum absolute atomic E-state index is 12.8. The Hall–Kier alpha value is -2.24. The Morgan fingerprint density at radius 2 is 2.00 bits per heavy atom. The number of nitrogens with one attached hydrogen (secondary N) is 1. The zero-order chi connectivity index (χ0) is 20.2. The van der Waals surface area contributed by atoms with Crippen molar-refractivity contribution in [3.63, 3.8) is 0 Å². The third-order valence-electron chi connectivity index (χ3n) is 4.57. The van der Waals surface area contributed by atoms with Gasteiger partial charge in [-0.3, -0.25) is 4.79 Å². The van der Waals surface area contributed by atoms with Gasteiger partial charge in [-0.1, -0.05) is 26.0 Å². The molecule has 1 heterocycles. The standard InChI is InChI=1S/C21H32N2O4/c1-14(2)17(22-20(25)27-21(3,4)5)10-12-23(6)19(24)16-9-7-8-15-11-13-26-18(15)16/h7-9,14,17H,10-13H2,1-6H3,(H,22,25). The summed E-state index contributed by atoms with van der Waals surface area (Å²) in [4.78, 5) is 26.6. The van der Waals surface area contributed by atoms with E-state index in [2.05, 4.69) is 5.32 Å². The molecule has 2 amide bonds. The molecule has 1 aliphatic heterocycles. The molecule has 27 heavy (non-hydrogen) atoms. The summed E-state index contributed by atoms with van der Waals surface area (Å²) in [6, 6.07) is 5.63. The van der Waals surface area contributed by atoms with Crippen molar-refractivity contribution in [2.45, 2.75) is 59.1 Å². The van der Waals surface area contributed by atoms with E-state index in [-0.39, 0.29) is 17.9 Å². The average Bonchev–Trinajstić information content (AvgIpc) is 3.04. The van der Waals surface area contributed by atoms with Crippen LogP contribution in [0.5, 0.6) is 5.75 Å². The predicted molar refractivity (Wildman–Crippen MR) is 105 cm³/mol. The second kappa shape index (κ2) is 8.63. The highest BCUT2D eigenvalue weighted by atomic mass is 16.6. The van der Waals surface area contributed by atoms with E-state index in [4.69, 9.17) is 9.47 Å². The van der Waals surface area contributed by atoms with Gasteiger partial charge in [-0.15, -0.1) is 0 Å². The molecule has 1 N–H and O–H groups in total. The zero-order valence-corrected chi connectivity index (χ0v) is 17.3. The van der Waals surface area contributed by atoms with Crippen molar-refractivity contribution in [2.24, 2.45) is 5.92 Å². The van der Waals surface area contributed by atoms with Crippen molar-refractivity contribution in [2.75, 3.05) is 20.2 Å². The largest absolute Gasteiger partial charge is 0.492 e. The van der Waals surface area contributed by atoms with Gasteiger partial charge < -0.3 is 19.7 Å². The first-order chi connectivity index (χ1) is 12.6. The molecule has 0 aliphatic carbocycles. The lowest BCUT2D eigenvalue weighted by atomic mass is 10.0. The maximum atomic E-state index is 12.8. The quantitative estimate of drug-likeness (QED) is 0.823. The third kappa shape index (κ3) is 5.88. The highest BCUT2D eigenvalue weighted by Crippen LogP contribution is 2.30. The van der Waals surface area contributed by atoms with Crippen molar-refractivity contribution >= 4 is 12.0 Å². The van der Waals surface area contributed by atoms with Gasteiger partial charge >= 0.3 is 6.09 Å². The van der Waals surface area contributed by atoms with Crippen molar-refractivity contribution in [3.8, 4) is 5.75 Å². The summed E-state index contributed by atoms with van der Waals surface area (Å²) in [6.45, 7) is 10.8. The van der Waals surface area contributed by atoms with E-state index < -0.39 is 11.7 Å². The number of hydrogen-bond acceptors (Lipinski definition) is 4. The highest BCUT2D eigenvalue weighted by Gasteiger charge is 2.25. The van der Waals surface area contributed by atoms with Gasteiger partial charge in [-0.25, -0.2) is 4.79 Å². The minimum Gasteiger partial charge on any atom is -0.492 e. The van der Waals surface area contributed by atoms with Crippen LogP contribution >= 0.6 is 0 Å². The molecule has 0 radical (unpaired) electrons. The molecule has 1 aromatic carbocycles. The second-order valence-corrected chi connectivity index (χ2v) is 8.40. The lowest BCUT2D eigenvalue weighted by molar-refractivity contribution is 0.0484. The molecule has 0 saturated carbocycles. The summed E-state index contributed by atoms with van der Waals surface area (Å²) in [7, 11) is 1.78. The van der Waals surface area contributed by atoms with Crippen LogP contribution in [-0.4, -0.2) is 48.7 Å². The minimum absolute atomic E-state index is 0.0616. The Morgan fingerprint density at radius 3 is 2.63 bits per heavy atom. The summed E-state index contributed by atoms with van der Waals surface area (Å²) in [5.74, 6) is 0.875. The molecule has 1 aliphatic rings. The number of para-hydroxylation sites is 1. The first kappa shape index (κ1) is 21.1. The van der Waals surface area contributed by atoms with Crippen molar-refractivity contribution in [1.29, 1.82) is 0 Å². The van der Waals surface area contributed by atoms with Gasteiger partial charge in [-0.2, -0.15) is 0 Å². The summed E-state index contributed by atoms with van der Waals surface area (Å²) in [5, 5.41) is 2.92. The zero-order valence-electron chi connectivity index (χ0n) is 17.3. The van der Waals surface area contributed by atoms with Gasteiger partial charge in [0.2, 0.25) is 0 Å². The van der Waals surface area contributed by atoms with Gasteiger partial charge in [0.1, 0.15) is 11.4 Å². The maximum Gasteiger partial charge on any atom is 0.407 e. The topological polar surface area (TPSA) is 67.9 Å². The highest BCUT2D eigenvalue weighted by molar-refractivity contribution is 5.97. The van der Waals surface area contributed by atoms with Crippen molar-refractivity contribution in [3.05, 3.63) is 29.3 Å². The Morgan fingerprint density at radius 1 is 1.30 bits per heavy atom. The molecule has 6 nitrogen and oxygen atoms in total. The smallest absolute Gasteiger partial charge is 0.407 e. The van der Waals surface area contributed by atoms with E-state index in [1.54, 1.807) is 11.9 Å². The number of alkyl carbamates (subject to hydrolysis) is 1. The van der Waals surface area contributed by atoms with E-state index in [9.17, 15) is 9.59 Å². The molecule has 1 atom stereocenters. The lowest BCUT2D eigenvalue weighted by Crippen LogP contribution is -2.43. The van der Waals surface area contributed by atoms with E-state index in [1.807, 2.05) is 52.8 Å². The van der Waals surface area contributed by atoms with Gasteiger partial charge in [0.05, 0.1) is 12.2 Å². The molecule has 150 valence electrons. The molecule has 0 aromatic heterocycles. The van der Waals surface area contributed by atoms with Gasteiger partial charge in [0.15, 0.2) is 0 Å². The molecule has 1 unspecified atom stereocenters. The summed E-state index contributed by atoms with van der Waals surface area (Å²) in [5.41, 5.74) is 1.15. The molecular formula is C21H32N2O4. The summed E-state index contributed by atoms with van der Waals surface area (Å²) < 4.78 is 11.0. The number of hydrogen-bond donors (Lipinski definition) is 1. The fourth-order valence-corrected chi connectivity index (χ4v) is 3.05. The minimum atomic E-state index is -0.536. The van der Waals surface area contributed by atoms with E-state index >= 15 is 0 Å². The number of amides is 2. The molecule has 0 spiro atoms. The van der Waals surface area contributed by atoms with E-state index in [0.717, 1.165) is 12.0 Å². The third-order valence-corrected chi connectivity index (χ3v) is 4.57. The van der Waals surface area contributed by atoms with Crippen LogP contribution in [0.2, 0.25) is 0 Å².